The number of rotatable bonds is 2. The number of hydrogen-bond acceptors (Lipinski definition) is 2. The van der Waals surface area contributed by atoms with Crippen molar-refractivity contribution < 1.29 is 9.59 Å². The Labute approximate surface area is 146 Å². The topological polar surface area (TPSA) is 58.2 Å². The number of carbonyl (C=O) groups is 2. The van der Waals surface area contributed by atoms with Crippen LogP contribution in [0.25, 0.3) is 0 Å². The average Bonchev–Trinajstić information content (AvgIpc) is 2.42. The Balaban J connectivity index is 2.08. The third kappa shape index (κ3) is 4.05. The van der Waals surface area contributed by atoms with Crippen LogP contribution >= 0.6 is 46.4 Å². The fraction of sp³-hybridized carbons (Fsp3) is 0. The summed E-state index contributed by atoms with van der Waals surface area (Å²) in [6, 6.07) is 8.36. The minimum atomic E-state index is -0.751. The fourth-order valence-corrected chi connectivity index (χ4v) is 2.48. The Hall–Kier alpha value is -1.46. The molecule has 0 aromatic heterocycles. The molecule has 114 valence electrons. The molecule has 8 heteroatoms. The predicted molar refractivity (Wildman–Crippen MR) is 89.4 cm³/mol. The van der Waals surface area contributed by atoms with E-state index in [-0.39, 0.29) is 20.6 Å². The smallest absolute Gasteiger partial charge is 0.308 e. The van der Waals surface area contributed by atoms with Gasteiger partial charge in [-0.2, -0.15) is 0 Å². The number of urea groups is 1. The molecule has 0 aliphatic carbocycles. The molecule has 0 atom stereocenters. The lowest BCUT2D eigenvalue weighted by Gasteiger charge is -2.09. The predicted octanol–water partition coefficient (Wildman–Crippen LogP) is 5.26. The molecule has 0 aliphatic heterocycles. The lowest BCUT2D eigenvalue weighted by Crippen LogP contribution is -2.34. The first kappa shape index (κ1) is 16.9. The first-order valence-corrected chi connectivity index (χ1v) is 7.41. The van der Waals surface area contributed by atoms with Crippen LogP contribution in [0.3, 0.4) is 0 Å². The second-order valence-corrected chi connectivity index (χ2v) is 5.76. The standard InChI is InChI=1S/C14H8Cl4N2O2/c15-8-5-4-7(6-11(8)18)19-14(22)20-13(21)12-9(16)2-1-3-10(12)17/h1-6H,(H2,19,20,21,22). The highest BCUT2D eigenvalue weighted by Gasteiger charge is 2.17. The van der Waals surface area contributed by atoms with Crippen LogP contribution in [0.5, 0.6) is 0 Å². The van der Waals surface area contributed by atoms with Gasteiger partial charge in [-0.25, -0.2) is 4.79 Å². The Morgan fingerprint density at radius 1 is 0.818 bits per heavy atom. The van der Waals surface area contributed by atoms with Gasteiger partial charge >= 0.3 is 6.03 Å². The zero-order valence-electron chi connectivity index (χ0n) is 10.8. The molecule has 0 radical (unpaired) electrons. The molecule has 22 heavy (non-hydrogen) atoms. The number of benzene rings is 2. The van der Waals surface area contributed by atoms with Gasteiger partial charge in [0.05, 0.1) is 25.7 Å². The van der Waals surface area contributed by atoms with Crippen LogP contribution in [-0.4, -0.2) is 11.9 Å². The maximum atomic E-state index is 12.0. The van der Waals surface area contributed by atoms with E-state index in [0.29, 0.717) is 10.7 Å². The summed E-state index contributed by atoms with van der Waals surface area (Å²) in [6.07, 6.45) is 0. The van der Waals surface area contributed by atoms with Crippen LogP contribution in [0.15, 0.2) is 36.4 Å². The number of halogens is 4. The van der Waals surface area contributed by atoms with Gasteiger partial charge in [0.2, 0.25) is 0 Å². The maximum Gasteiger partial charge on any atom is 0.326 e. The molecule has 2 N–H and O–H groups in total. The van der Waals surface area contributed by atoms with Gasteiger partial charge < -0.3 is 5.32 Å². The number of hydrogen-bond donors (Lipinski definition) is 2. The van der Waals surface area contributed by atoms with Crippen LogP contribution in [0, 0.1) is 0 Å². The normalized spacial score (nSPS) is 10.2. The van der Waals surface area contributed by atoms with Crippen LogP contribution in [0.1, 0.15) is 10.4 Å². The molecule has 0 heterocycles. The minimum absolute atomic E-state index is 0.0233. The zero-order chi connectivity index (χ0) is 16.3. The van der Waals surface area contributed by atoms with E-state index in [1.54, 1.807) is 12.1 Å². The summed E-state index contributed by atoms with van der Waals surface area (Å²) in [5, 5.41) is 5.50. The van der Waals surface area contributed by atoms with E-state index < -0.39 is 11.9 Å². The Morgan fingerprint density at radius 3 is 2.05 bits per heavy atom. The highest BCUT2D eigenvalue weighted by atomic mass is 35.5. The monoisotopic (exact) mass is 376 g/mol. The highest BCUT2D eigenvalue weighted by molar-refractivity contribution is 6.42. The molecule has 3 amide bonds. The van der Waals surface area contributed by atoms with Gasteiger partial charge in [0, 0.05) is 5.69 Å². The van der Waals surface area contributed by atoms with Gasteiger partial charge in [-0.05, 0) is 30.3 Å². The average molecular weight is 378 g/mol. The van der Waals surface area contributed by atoms with E-state index in [1.165, 1.54) is 24.3 Å². The molecule has 2 aromatic rings. The van der Waals surface area contributed by atoms with E-state index in [2.05, 4.69) is 10.6 Å². The first-order chi connectivity index (χ1) is 10.4. The van der Waals surface area contributed by atoms with Gasteiger partial charge in [-0.15, -0.1) is 0 Å². The molecule has 2 aromatic carbocycles. The second-order valence-electron chi connectivity index (χ2n) is 4.13. The van der Waals surface area contributed by atoms with Crippen molar-refractivity contribution in [2.75, 3.05) is 5.32 Å². The lowest BCUT2D eigenvalue weighted by molar-refractivity contribution is 0.0967. The van der Waals surface area contributed by atoms with E-state index >= 15 is 0 Å². The number of nitrogens with one attached hydrogen (secondary N) is 2. The van der Waals surface area contributed by atoms with Crippen molar-refractivity contribution in [1.29, 1.82) is 0 Å². The minimum Gasteiger partial charge on any atom is -0.308 e. The maximum absolute atomic E-state index is 12.0. The summed E-state index contributed by atoms with van der Waals surface area (Å²) in [7, 11) is 0. The van der Waals surface area contributed by atoms with Gasteiger partial charge in [-0.3, -0.25) is 10.1 Å². The first-order valence-electron chi connectivity index (χ1n) is 5.90. The van der Waals surface area contributed by atoms with Gasteiger partial charge in [0.1, 0.15) is 0 Å². The van der Waals surface area contributed by atoms with E-state index in [4.69, 9.17) is 46.4 Å². The molecule has 4 nitrogen and oxygen atoms in total. The number of carbonyl (C=O) groups excluding carboxylic acids is 2. The largest absolute Gasteiger partial charge is 0.326 e. The molecular formula is C14H8Cl4N2O2. The number of imide groups is 1. The fourth-order valence-electron chi connectivity index (χ4n) is 1.62. The van der Waals surface area contributed by atoms with Gasteiger partial charge in [0.15, 0.2) is 0 Å². The molecule has 2 rings (SSSR count). The molecule has 0 spiro atoms. The van der Waals surface area contributed by atoms with Crippen molar-refractivity contribution in [3.05, 3.63) is 62.1 Å². The SMILES string of the molecule is O=C(NC(=O)c1c(Cl)cccc1Cl)Nc1ccc(Cl)c(Cl)c1. The van der Waals surface area contributed by atoms with Crippen molar-refractivity contribution in [3.63, 3.8) is 0 Å². The molecule has 0 bridgehead atoms. The summed E-state index contributed by atoms with van der Waals surface area (Å²) < 4.78 is 0. The van der Waals surface area contributed by atoms with Crippen molar-refractivity contribution >= 4 is 64.0 Å². The molecule has 0 aliphatic rings. The molecule has 0 unspecified atom stereocenters. The van der Waals surface area contributed by atoms with Crippen LogP contribution < -0.4 is 10.6 Å². The summed E-state index contributed by atoms with van der Waals surface area (Å²) in [5.41, 5.74) is 0.403. The lowest BCUT2D eigenvalue weighted by atomic mass is 10.2. The Morgan fingerprint density at radius 2 is 1.45 bits per heavy atom. The summed E-state index contributed by atoms with van der Waals surface area (Å²) in [6.45, 7) is 0. The van der Waals surface area contributed by atoms with Crippen molar-refractivity contribution in [1.82, 2.24) is 5.32 Å². The summed E-state index contributed by atoms with van der Waals surface area (Å²) >= 11 is 23.4. The van der Waals surface area contributed by atoms with Crippen LogP contribution in [0.4, 0.5) is 10.5 Å². The van der Waals surface area contributed by atoms with Crippen LogP contribution in [0.2, 0.25) is 20.1 Å². The van der Waals surface area contributed by atoms with Crippen molar-refractivity contribution in [2.45, 2.75) is 0 Å². The van der Waals surface area contributed by atoms with E-state index in [0.717, 1.165) is 0 Å². The molecular weight excluding hydrogens is 370 g/mol. The highest BCUT2D eigenvalue weighted by Crippen LogP contribution is 2.25. The van der Waals surface area contributed by atoms with E-state index in [9.17, 15) is 9.59 Å². The summed E-state index contributed by atoms with van der Waals surface area (Å²) in [5.74, 6) is -0.715. The Bertz CT molecular complexity index is 729. The quantitative estimate of drug-likeness (QED) is 0.749. The van der Waals surface area contributed by atoms with Crippen LogP contribution in [-0.2, 0) is 0 Å². The van der Waals surface area contributed by atoms with Crippen molar-refractivity contribution in [3.8, 4) is 0 Å². The van der Waals surface area contributed by atoms with Crippen molar-refractivity contribution in [2.24, 2.45) is 0 Å². The Kier molecular flexibility index (Phi) is 5.53. The molecule has 0 saturated carbocycles. The third-order valence-electron chi connectivity index (χ3n) is 2.59. The second kappa shape index (κ2) is 7.20. The van der Waals surface area contributed by atoms with Gasteiger partial charge in [-0.1, -0.05) is 52.5 Å². The van der Waals surface area contributed by atoms with E-state index in [1.807, 2.05) is 0 Å². The molecule has 0 saturated heterocycles. The number of anilines is 1. The number of amides is 3. The zero-order valence-corrected chi connectivity index (χ0v) is 13.8. The van der Waals surface area contributed by atoms with Gasteiger partial charge in [0.25, 0.3) is 5.91 Å². The molecule has 0 fully saturated rings. The summed E-state index contributed by atoms with van der Waals surface area (Å²) in [4.78, 5) is 23.8. The third-order valence-corrected chi connectivity index (χ3v) is 3.96.